The fourth-order valence-corrected chi connectivity index (χ4v) is 4.01. The predicted octanol–water partition coefficient (Wildman–Crippen LogP) is 3.30. The Labute approximate surface area is 183 Å². The number of aromatic nitrogens is 5. The number of H-pyrrole nitrogens is 1. The maximum Gasteiger partial charge on any atom is 0.252 e. The summed E-state index contributed by atoms with van der Waals surface area (Å²) in [7, 11) is 0. The number of hydrogen-bond donors (Lipinski definition) is 2. The van der Waals surface area contributed by atoms with Crippen molar-refractivity contribution in [3.8, 4) is 0 Å². The molecule has 0 bridgehead atoms. The van der Waals surface area contributed by atoms with Crippen LogP contribution >= 0.6 is 0 Å². The van der Waals surface area contributed by atoms with Gasteiger partial charge in [0.2, 0.25) is 0 Å². The van der Waals surface area contributed by atoms with Gasteiger partial charge in [-0.05, 0) is 68.0 Å². The first-order valence-electron chi connectivity index (χ1n) is 11.0. The third kappa shape index (κ3) is 5.19. The van der Waals surface area contributed by atoms with Crippen LogP contribution in [0.5, 0.6) is 0 Å². The van der Waals surface area contributed by atoms with E-state index in [4.69, 9.17) is 0 Å². The van der Waals surface area contributed by atoms with Crippen LogP contribution in [0.15, 0.2) is 29.1 Å². The van der Waals surface area contributed by atoms with Gasteiger partial charge in [-0.2, -0.15) is 0 Å². The van der Waals surface area contributed by atoms with Crippen molar-refractivity contribution in [2.45, 2.75) is 72.0 Å². The smallest absolute Gasteiger partial charge is 0.252 e. The first kappa shape index (κ1) is 23.1. The minimum atomic E-state index is -0.259. The molecule has 1 atom stereocenters. The quantitative estimate of drug-likeness (QED) is 0.545. The van der Waals surface area contributed by atoms with E-state index in [-0.39, 0.29) is 23.7 Å². The number of fused-ring (bicyclic) bond motifs is 1. The van der Waals surface area contributed by atoms with Crippen LogP contribution in [-0.4, -0.2) is 48.3 Å². The number of nitrogens with one attached hydrogen (secondary N) is 1. The summed E-state index contributed by atoms with van der Waals surface area (Å²) < 4.78 is 1.87. The second-order valence-electron chi connectivity index (χ2n) is 9.13. The summed E-state index contributed by atoms with van der Waals surface area (Å²) in [6.45, 7) is 11.5. The number of aromatic amines is 1. The van der Waals surface area contributed by atoms with Crippen LogP contribution in [0.25, 0.3) is 10.9 Å². The van der Waals surface area contributed by atoms with E-state index in [0.717, 1.165) is 35.1 Å². The van der Waals surface area contributed by atoms with Gasteiger partial charge in [-0.1, -0.05) is 31.5 Å². The van der Waals surface area contributed by atoms with Gasteiger partial charge in [-0.25, -0.2) is 4.68 Å². The van der Waals surface area contributed by atoms with Gasteiger partial charge in [0.05, 0.1) is 17.1 Å². The summed E-state index contributed by atoms with van der Waals surface area (Å²) in [5.74, 6) is 0.792. The fourth-order valence-electron chi connectivity index (χ4n) is 4.01. The zero-order chi connectivity index (χ0) is 22.6. The van der Waals surface area contributed by atoms with Crippen LogP contribution < -0.4 is 5.56 Å². The lowest BCUT2D eigenvalue weighted by Crippen LogP contribution is -2.36. The van der Waals surface area contributed by atoms with Gasteiger partial charge >= 0.3 is 0 Å². The number of nitrogens with zero attached hydrogens (tertiary/aromatic N) is 5. The van der Waals surface area contributed by atoms with Crippen molar-refractivity contribution in [2.24, 2.45) is 0 Å². The molecule has 0 aliphatic rings. The van der Waals surface area contributed by atoms with Gasteiger partial charge in [0.15, 0.2) is 5.82 Å². The topological polar surface area (TPSA) is 99.9 Å². The third-order valence-corrected chi connectivity index (χ3v) is 5.57. The van der Waals surface area contributed by atoms with E-state index < -0.39 is 0 Å². The first-order valence-corrected chi connectivity index (χ1v) is 11.0. The van der Waals surface area contributed by atoms with E-state index in [1.165, 1.54) is 0 Å². The minimum Gasteiger partial charge on any atom is -0.396 e. The molecule has 0 aliphatic heterocycles. The summed E-state index contributed by atoms with van der Waals surface area (Å²) in [5.41, 5.74) is 2.28. The number of para-hydroxylation sites is 1. The molecule has 2 heterocycles. The number of pyridine rings is 1. The van der Waals surface area contributed by atoms with E-state index in [2.05, 4.69) is 53.1 Å². The molecule has 1 unspecified atom stereocenters. The molecule has 0 amide bonds. The van der Waals surface area contributed by atoms with E-state index >= 15 is 0 Å². The van der Waals surface area contributed by atoms with Gasteiger partial charge in [-0.15, -0.1) is 5.10 Å². The molecule has 1 aromatic carbocycles. The average Bonchev–Trinajstić information content (AvgIpc) is 3.21. The van der Waals surface area contributed by atoms with Gasteiger partial charge in [-0.3, -0.25) is 9.69 Å². The Kier molecular flexibility index (Phi) is 7.23. The zero-order valence-electron chi connectivity index (χ0n) is 19.2. The maximum absolute atomic E-state index is 12.9. The van der Waals surface area contributed by atoms with E-state index in [1.807, 2.05) is 35.9 Å². The Balaban J connectivity index is 2.02. The molecular formula is C23H34N6O2. The second-order valence-corrected chi connectivity index (χ2v) is 9.13. The SMILES string of the molecule is CCCC(c1nnnn1C(C)(C)C)N(CCCO)Cc1cc2cccc(C)c2[nH]c1=O. The highest BCUT2D eigenvalue weighted by Gasteiger charge is 2.30. The van der Waals surface area contributed by atoms with Crippen LogP contribution in [0.1, 0.15) is 70.0 Å². The Morgan fingerprint density at radius 3 is 2.74 bits per heavy atom. The number of tetrazole rings is 1. The minimum absolute atomic E-state index is 0.0571. The van der Waals surface area contributed by atoms with Crippen LogP contribution in [-0.2, 0) is 12.1 Å². The summed E-state index contributed by atoms with van der Waals surface area (Å²) >= 11 is 0. The van der Waals surface area contributed by atoms with Crippen LogP contribution in [0.2, 0.25) is 0 Å². The van der Waals surface area contributed by atoms with Crippen molar-refractivity contribution in [2.75, 3.05) is 13.2 Å². The Bertz CT molecular complexity index is 1070. The van der Waals surface area contributed by atoms with Crippen molar-refractivity contribution >= 4 is 10.9 Å². The fraction of sp³-hybridized carbons (Fsp3) is 0.565. The predicted molar refractivity (Wildman–Crippen MR) is 122 cm³/mol. The number of benzene rings is 1. The van der Waals surface area contributed by atoms with E-state index in [0.29, 0.717) is 25.1 Å². The Hall–Kier alpha value is -2.58. The highest BCUT2D eigenvalue weighted by Crippen LogP contribution is 2.29. The average molecular weight is 427 g/mol. The summed E-state index contributed by atoms with van der Waals surface area (Å²) in [6.07, 6.45) is 2.42. The molecule has 0 radical (unpaired) electrons. The number of aryl methyl sites for hydroxylation is 1. The van der Waals surface area contributed by atoms with Crippen molar-refractivity contribution in [3.05, 3.63) is 51.6 Å². The van der Waals surface area contributed by atoms with E-state index in [9.17, 15) is 9.90 Å². The lowest BCUT2D eigenvalue weighted by molar-refractivity contribution is 0.142. The van der Waals surface area contributed by atoms with Crippen LogP contribution in [0.4, 0.5) is 0 Å². The molecule has 2 aromatic heterocycles. The highest BCUT2D eigenvalue weighted by molar-refractivity contribution is 5.81. The molecule has 0 saturated carbocycles. The van der Waals surface area contributed by atoms with Crippen molar-refractivity contribution in [1.29, 1.82) is 0 Å². The number of aliphatic hydroxyl groups is 1. The maximum atomic E-state index is 12.9. The third-order valence-electron chi connectivity index (χ3n) is 5.57. The molecule has 0 fully saturated rings. The molecule has 3 aromatic rings. The summed E-state index contributed by atoms with van der Waals surface area (Å²) in [5, 5.41) is 23.1. The highest BCUT2D eigenvalue weighted by atomic mass is 16.3. The monoisotopic (exact) mass is 426 g/mol. The molecule has 2 N–H and O–H groups in total. The zero-order valence-corrected chi connectivity index (χ0v) is 19.2. The molecule has 31 heavy (non-hydrogen) atoms. The lowest BCUT2D eigenvalue weighted by atomic mass is 10.0. The molecule has 0 spiro atoms. The molecule has 0 saturated heterocycles. The summed E-state index contributed by atoms with van der Waals surface area (Å²) in [4.78, 5) is 18.2. The second kappa shape index (κ2) is 9.70. The number of rotatable bonds is 9. The largest absolute Gasteiger partial charge is 0.396 e. The van der Waals surface area contributed by atoms with Gasteiger partial charge in [0, 0.05) is 25.3 Å². The van der Waals surface area contributed by atoms with Crippen molar-refractivity contribution < 1.29 is 5.11 Å². The standard InChI is InChI=1S/C23H34N6O2/c1-6-9-19(21-25-26-27-29(21)23(3,4)5)28(12-8-13-30)15-18-14-17-11-7-10-16(2)20(17)24-22(18)31/h7,10-11,14,19,30H,6,8-9,12-13,15H2,1-5H3,(H,24,31). The Morgan fingerprint density at radius 2 is 2.06 bits per heavy atom. The van der Waals surface area contributed by atoms with Crippen LogP contribution in [0.3, 0.4) is 0 Å². The van der Waals surface area contributed by atoms with Gasteiger partial charge < -0.3 is 10.1 Å². The van der Waals surface area contributed by atoms with Crippen LogP contribution in [0, 0.1) is 6.92 Å². The molecular weight excluding hydrogens is 392 g/mol. The summed E-state index contributed by atoms with van der Waals surface area (Å²) in [6, 6.07) is 7.93. The molecule has 0 aliphatic carbocycles. The van der Waals surface area contributed by atoms with Gasteiger partial charge in [0.25, 0.3) is 5.56 Å². The molecule has 8 nitrogen and oxygen atoms in total. The number of aliphatic hydroxyl groups excluding tert-OH is 1. The van der Waals surface area contributed by atoms with Crippen molar-refractivity contribution in [1.82, 2.24) is 30.1 Å². The lowest BCUT2D eigenvalue weighted by Gasteiger charge is -2.32. The molecule has 8 heteroatoms. The first-order chi connectivity index (χ1) is 14.8. The normalized spacial score (nSPS) is 13.3. The number of hydrogen-bond acceptors (Lipinski definition) is 6. The molecule has 168 valence electrons. The van der Waals surface area contributed by atoms with Crippen molar-refractivity contribution in [3.63, 3.8) is 0 Å². The van der Waals surface area contributed by atoms with E-state index in [1.54, 1.807) is 0 Å². The Morgan fingerprint density at radius 1 is 1.29 bits per heavy atom. The molecule has 3 rings (SSSR count). The van der Waals surface area contributed by atoms with Gasteiger partial charge in [0.1, 0.15) is 0 Å².